The maximum Gasteiger partial charge on any atom is 0.312 e. The van der Waals surface area contributed by atoms with Crippen molar-refractivity contribution in [1.82, 2.24) is 20.6 Å². The summed E-state index contributed by atoms with van der Waals surface area (Å²) in [6.45, 7) is 21.1. The number of rotatable bonds is 6. The molecule has 0 bridgehead atoms. The van der Waals surface area contributed by atoms with Crippen molar-refractivity contribution in [3.8, 4) is 0 Å². The van der Waals surface area contributed by atoms with Crippen LogP contribution in [0.2, 0.25) is 0 Å². The fourth-order valence-corrected chi connectivity index (χ4v) is 10.9. The normalized spacial score (nSPS) is 44.9. The van der Waals surface area contributed by atoms with E-state index in [1.807, 2.05) is 0 Å². The fourth-order valence-electron chi connectivity index (χ4n) is 10.9. The van der Waals surface area contributed by atoms with E-state index < -0.39 is 0 Å². The van der Waals surface area contributed by atoms with E-state index in [1.165, 1.54) is 36.8 Å². The van der Waals surface area contributed by atoms with Crippen LogP contribution in [0.4, 0.5) is 0 Å². The number of hydrogen-bond donors (Lipinski definition) is 1. The predicted molar refractivity (Wildman–Crippen MR) is 145 cm³/mol. The first-order chi connectivity index (χ1) is 17.4. The molecule has 9 atom stereocenters. The van der Waals surface area contributed by atoms with Gasteiger partial charge in [0.15, 0.2) is 5.82 Å². The Morgan fingerprint density at radius 3 is 2.38 bits per heavy atom. The number of carbonyl (C=O) groups is 1. The Hall–Kier alpha value is -1.98. The number of aromatic amines is 1. The Labute approximate surface area is 223 Å². The quantitative estimate of drug-likeness (QED) is 0.341. The molecule has 1 aromatic heterocycles. The highest BCUT2D eigenvalue weighted by Gasteiger charge is 2.70. The molecule has 0 aromatic carbocycles. The third kappa shape index (κ3) is 3.63. The van der Waals surface area contributed by atoms with Gasteiger partial charge in [0.25, 0.3) is 0 Å². The first-order valence-corrected chi connectivity index (χ1v) is 14.6. The van der Waals surface area contributed by atoms with E-state index in [4.69, 9.17) is 4.74 Å². The summed E-state index contributed by atoms with van der Waals surface area (Å²) in [5.74, 6) is 3.23. The zero-order chi connectivity index (χ0) is 26.8. The zero-order valence-corrected chi connectivity index (χ0v) is 24.0. The second-order valence-corrected chi connectivity index (χ2v) is 14.0. The molecule has 1 N–H and O–H groups in total. The second-order valence-electron chi connectivity index (χ2n) is 14.0. The lowest BCUT2D eigenvalue weighted by molar-refractivity contribution is -0.220. The van der Waals surface area contributed by atoms with Crippen LogP contribution in [0, 0.1) is 51.2 Å². The second kappa shape index (κ2) is 9.05. The molecular formula is C31H48N4O2. The molecule has 6 heteroatoms. The number of esters is 1. The van der Waals surface area contributed by atoms with Gasteiger partial charge in [-0.2, -0.15) is 5.21 Å². The van der Waals surface area contributed by atoms with Gasteiger partial charge < -0.3 is 4.74 Å². The number of ether oxygens (including phenoxy) is 1. The standard InChI is InChI=1S/C31H48N4O2/c1-19(2)21-11-16-31(27(36)37-8)18-17-29(6)23(26(21)31)9-10-24-28(5,14-13-25-32-34-35-33-25)22(20(3)4)12-15-30(24,29)7/h21-24,26H,1,3,9-18H2,2,4-8H3,(H,32,33,34,35)/t21-,22-,23+,24+,26+,28-,29+,30+,31-/m0/s1. The van der Waals surface area contributed by atoms with Gasteiger partial charge in [-0.1, -0.05) is 50.3 Å². The molecule has 37 heavy (non-hydrogen) atoms. The van der Waals surface area contributed by atoms with Gasteiger partial charge in [-0.25, -0.2) is 0 Å². The monoisotopic (exact) mass is 508 g/mol. The van der Waals surface area contributed by atoms with Crippen LogP contribution in [0.1, 0.15) is 98.2 Å². The first kappa shape index (κ1) is 26.6. The molecule has 4 aliphatic carbocycles. The molecule has 0 saturated heterocycles. The Balaban J connectivity index is 1.54. The molecule has 0 radical (unpaired) electrons. The summed E-state index contributed by atoms with van der Waals surface area (Å²) >= 11 is 0. The smallest absolute Gasteiger partial charge is 0.312 e. The van der Waals surface area contributed by atoms with Crippen molar-refractivity contribution in [3.63, 3.8) is 0 Å². The minimum absolute atomic E-state index is 0.0338. The van der Waals surface area contributed by atoms with Gasteiger partial charge in [-0.05, 0) is 117 Å². The van der Waals surface area contributed by atoms with Crippen LogP contribution >= 0.6 is 0 Å². The topological polar surface area (TPSA) is 80.8 Å². The highest BCUT2D eigenvalue weighted by molar-refractivity contribution is 5.78. The Morgan fingerprint density at radius 1 is 1.00 bits per heavy atom. The molecule has 0 unspecified atom stereocenters. The lowest BCUT2D eigenvalue weighted by atomic mass is 9.34. The third-order valence-electron chi connectivity index (χ3n) is 12.8. The summed E-state index contributed by atoms with van der Waals surface area (Å²) in [5.41, 5.74) is 2.76. The average molecular weight is 509 g/mol. The minimum atomic E-state index is -0.331. The van der Waals surface area contributed by atoms with Crippen LogP contribution in [-0.4, -0.2) is 33.7 Å². The highest BCUT2D eigenvalue weighted by atomic mass is 16.5. The van der Waals surface area contributed by atoms with Gasteiger partial charge in [0.2, 0.25) is 0 Å². The molecule has 204 valence electrons. The number of nitrogens with zero attached hydrogens (tertiary/aromatic N) is 3. The summed E-state index contributed by atoms with van der Waals surface area (Å²) in [7, 11) is 1.59. The number of H-pyrrole nitrogens is 1. The van der Waals surface area contributed by atoms with Crippen LogP contribution in [0.5, 0.6) is 0 Å². The van der Waals surface area contributed by atoms with Crippen molar-refractivity contribution in [3.05, 3.63) is 30.1 Å². The van der Waals surface area contributed by atoms with Gasteiger partial charge in [0.05, 0.1) is 12.5 Å². The summed E-state index contributed by atoms with van der Waals surface area (Å²) in [6.07, 6.45) is 10.8. The molecule has 0 aliphatic heterocycles. The van der Waals surface area contributed by atoms with Crippen molar-refractivity contribution in [2.75, 3.05) is 7.11 Å². The van der Waals surface area contributed by atoms with Gasteiger partial charge >= 0.3 is 5.97 Å². The molecule has 0 amide bonds. The maximum absolute atomic E-state index is 13.4. The maximum atomic E-state index is 13.4. The molecule has 4 aliphatic rings. The number of nitrogens with one attached hydrogen (secondary N) is 1. The van der Waals surface area contributed by atoms with Crippen LogP contribution in [0.25, 0.3) is 0 Å². The van der Waals surface area contributed by atoms with Crippen molar-refractivity contribution in [2.45, 2.75) is 98.8 Å². The number of carbonyl (C=O) groups excluding carboxylic acids is 1. The first-order valence-electron chi connectivity index (χ1n) is 14.6. The van der Waals surface area contributed by atoms with Crippen molar-refractivity contribution >= 4 is 5.97 Å². The lowest BCUT2D eigenvalue weighted by Gasteiger charge is -2.70. The lowest BCUT2D eigenvalue weighted by Crippen LogP contribution is -2.64. The summed E-state index contributed by atoms with van der Waals surface area (Å²) < 4.78 is 5.51. The van der Waals surface area contributed by atoms with E-state index in [0.717, 1.165) is 44.3 Å². The van der Waals surface area contributed by atoms with E-state index in [2.05, 4.69) is 68.4 Å². The third-order valence-corrected chi connectivity index (χ3v) is 12.8. The van der Waals surface area contributed by atoms with Crippen molar-refractivity contribution in [1.29, 1.82) is 0 Å². The summed E-state index contributed by atoms with van der Waals surface area (Å²) in [4.78, 5) is 13.4. The van der Waals surface area contributed by atoms with Crippen LogP contribution in [-0.2, 0) is 16.0 Å². The summed E-state index contributed by atoms with van der Waals surface area (Å²) in [6, 6.07) is 0. The average Bonchev–Trinajstić information content (AvgIpc) is 3.51. The van der Waals surface area contributed by atoms with E-state index in [1.54, 1.807) is 7.11 Å². The Bertz CT molecular complexity index is 1070. The van der Waals surface area contributed by atoms with Gasteiger partial charge in [-0.3, -0.25) is 4.79 Å². The Morgan fingerprint density at radius 2 is 1.76 bits per heavy atom. The molecule has 6 nitrogen and oxygen atoms in total. The zero-order valence-electron chi connectivity index (χ0n) is 24.0. The number of fused-ring (bicyclic) bond motifs is 5. The van der Waals surface area contributed by atoms with Gasteiger partial charge in [-0.15, -0.1) is 10.2 Å². The number of methoxy groups -OCH3 is 1. The molecule has 1 heterocycles. The Kier molecular flexibility index (Phi) is 6.51. The van der Waals surface area contributed by atoms with Crippen molar-refractivity contribution < 1.29 is 9.53 Å². The SMILES string of the molecule is C=C(C)[C@@H]1CC[C@]2(C(=O)OC)CC[C@]3(C)[C@H](CC[C@@H]4[C@@](C)(CCc5nn[nH]n5)[C@H](C(=C)C)CC[C@]43C)[C@@H]12. The number of aryl methyl sites for hydroxylation is 1. The van der Waals surface area contributed by atoms with Crippen LogP contribution in [0.15, 0.2) is 24.3 Å². The number of hydrogen-bond acceptors (Lipinski definition) is 5. The molecular weight excluding hydrogens is 460 g/mol. The summed E-state index contributed by atoms with van der Waals surface area (Å²) in [5, 5.41) is 15.0. The van der Waals surface area contributed by atoms with Crippen LogP contribution in [0.3, 0.4) is 0 Å². The fraction of sp³-hybridized carbons (Fsp3) is 0.806. The van der Waals surface area contributed by atoms with Gasteiger partial charge in [0, 0.05) is 6.42 Å². The van der Waals surface area contributed by atoms with Gasteiger partial charge in [0.1, 0.15) is 0 Å². The molecule has 4 saturated carbocycles. The number of aromatic nitrogens is 4. The highest BCUT2D eigenvalue weighted by Crippen LogP contribution is 2.76. The molecule has 5 rings (SSSR count). The predicted octanol–water partition coefficient (Wildman–Crippen LogP) is 6.72. The largest absolute Gasteiger partial charge is 0.469 e. The van der Waals surface area contributed by atoms with E-state index in [9.17, 15) is 4.79 Å². The number of allylic oxidation sites excluding steroid dienone is 2. The van der Waals surface area contributed by atoms with E-state index in [-0.39, 0.29) is 27.6 Å². The molecule has 0 spiro atoms. The number of tetrazole rings is 1. The van der Waals surface area contributed by atoms with Crippen LogP contribution < -0.4 is 0 Å². The van der Waals surface area contributed by atoms with E-state index in [0.29, 0.717) is 29.6 Å². The molecule has 1 aromatic rings. The van der Waals surface area contributed by atoms with Crippen molar-refractivity contribution in [2.24, 2.45) is 51.2 Å². The minimum Gasteiger partial charge on any atom is -0.469 e. The molecule has 4 fully saturated rings. The van der Waals surface area contributed by atoms with E-state index >= 15 is 0 Å².